The molecule has 0 saturated heterocycles. The number of H-pyrrole nitrogens is 4. The van der Waals surface area contributed by atoms with Crippen LogP contribution < -0.4 is 0 Å². The van der Waals surface area contributed by atoms with E-state index in [-0.39, 0.29) is 0 Å². The SMILES string of the molecule is S=c1ncc2[nH]cnc2[nH]1.S=c1ncc2[nH]cnc2[nH]1. The Balaban J connectivity index is 0.000000121. The summed E-state index contributed by atoms with van der Waals surface area (Å²) < 4.78 is 0.916. The highest BCUT2D eigenvalue weighted by molar-refractivity contribution is 7.71. The summed E-state index contributed by atoms with van der Waals surface area (Å²) in [6, 6.07) is 0. The summed E-state index contributed by atoms with van der Waals surface area (Å²) in [5.74, 6) is 0. The molecule has 8 nitrogen and oxygen atoms in total. The quantitative estimate of drug-likeness (QED) is 0.370. The number of aromatic nitrogens is 8. The molecule has 0 aliphatic rings. The summed E-state index contributed by atoms with van der Waals surface area (Å²) in [4.78, 5) is 27.1. The van der Waals surface area contributed by atoms with Crippen molar-refractivity contribution in [2.75, 3.05) is 0 Å². The Labute approximate surface area is 121 Å². The van der Waals surface area contributed by atoms with Gasteiger partial charge in [-0.15, -0.1) is 0 Å². The first kappa shape index (κ1) is 12.6. The van der Waals surface area contributed by atoms with Gasteiger partial charge < -0.3 is 19.9 Å². The normalized spacial score (nSPS) is 10.4. The first-order valence-corrected chi connectivity index (χ1v) is 6.31. The second-order valence-corrected chi connectivity index (χ2v) is 4.48. The van der Waals surface area contributed by atoms with E-state index in [0.29, 0.717) is 9.54 Å². The van der Waals surface area contributed by atoms with E-state index in [4.69, 9.17) is 24.4 Å². The maximum atomic E-state index is 4.78. The van der Waals surface area contributed by atoms with Crippen molar-refractivity contribution in [3.63, 3.8) is 0 Å². The summed E-state index contributed by atoms with van der Waals surface area (Å²) in [5.41, 5.74) is 3.24. The average Bonchev–Trinajstić information content (AvgIpc) is 3.06. The van der Waals surface area contributed by atoms with Gasteiger partial charge >= 0.3 is 0 Å². The van der Waals surface area contributed by atoms with Gasteiger partial charge in [-0.25, -0.2) is 19.9 Å². The van der Waals surface area contributed by atoms with Gasteiger partial charge in [0, 0.05) is 0 Å². The smallest absolute Gasteiger partial charge is 0.198 e. The first-order chi connectivity index (χ1) is 9.72. The molecular weight excluding hydrogens is 296 g/mol. The molecule has 0 atom stereocenters. The molecule has 0 unspecified atom stereocenters. The topological polar surface area (TPSA) is 115 Å². The molecular formula is C10H8N8S2. The van der Waals surface area contributed by atoms with Gasteiger partial charge in [-0.3, -0.25) is 0 Å². The fourth-order valence-corrected chi connectivity index (χ4v) is 1.82. The number of nitrogens with one attached hydrogen (secondary N) is 4. The molecule has 100 valence electrons. The Kier molecular flexibility index (Phi) is 3.31. The van der Waals surface area contributed by atoms with Crippen molar-refractivity contribution in [1.82, 2.24) is 39.9 Å². The molecule has 0 amide bonds. The molecule has 0 bridgehead atoms. The lowest BCUT2D eigenvalue weighted by atomic mass is 10.6. The van der Waals surface area contributed by atoms with Gasteiger partial charge in [0.25, 0.3) is 0 Å². The minimum Gasteiger partial charge on any atom is -0.342 e. The van der Waals surface area contributed by atoms with Gasteiger partial charge in [0.15, 0.2) is 20.8 Å². The van der Waals surface area contributed by atoms with E-state index in [1.54, 1.807) is 25.0 Å². The van der Waals surface area contributed by atoms with Crippen molar-refractivity contribution < 1.29 is 0 Å². The number of rotatable bonds is 0. The minimum absolute atomic E-state index is 0.458. The second kappa shape index (κ2) is 5.27. The summed E-state index contributed by atoms with van der Waals surface area (Å²) in [5, 5.41) is 0. The van der Waals surface area contributed by atoms with Gasteiger partial charge in [0.05, 0.1) is 25.0 Å². The van der Waals surface area contributed by atoms with Crippen LogP contribution in [-0.2, 0) is 0 Å². The minimum atomic E-state index is 0.458. The molecule has 20 heavy (non-hydrogen) atoms. The van der Waals surface area contributed by atoms with Crippen LogP contribution in [0.5, 0.6) is 0 Å². The van der Waals surface area contributed by atoms with E-state index in [1.165, 1.54) is 0 Å². The van der Waals surface area contributed by atoms with Crippen LogP contribution in [0, 0.1) is 9.54 Å². The number of aromatic amines is 4. The lowest BCUT2D eigenvalue weighted by Crippen LogP contribution is -1.80. The highest BCUT2D eigenvalue weighted by Crippen LogP contribution is 2.01. The van der Waals surface area contributed by atoms with E-state index in [1.807, 2.05) is 0 Å². The van der Waals surface area contributed by atoms with E-state index < -0.39 is 0 Å². The van der Waals surface area contributed by atoms with Crippen LogP contribution in [-0.4, -0.2) is 39.9 Å². The van der Waals surface area contributed by atoms with Crippen LogP contribution in [0.1, 0.15) is 0 Å². The number of hydrogen-bond donors (Lipinski definition) is 4. The summed E-state index contributed by atoms with van der Waals surface area (Å²) >= 11 is 9.57. The van der Waals surface area contributed by atoms with Gasteiger partial charge in [0.1, 0.15) is 11.0 Å². The molecule has 0 radical (unpaired) electrons. The maximum absolute atomic E-state index is 4.78. The summed E-state index contributed by atoms with van der Waals surface area (Å²) in [6.07, 6.45) is 6.50. The number of fused-ring (bicyclic) bond motifs is 2. The van der Waals surface area contributed by atoms with Crippen LogP contribution in [0.15, 0.2) is 25.0 Å². The Bertz CT molecular complexity index is 882. The van der Waals surface area contributed by atoms with Crippen molar-refractivity contribution in [2.45, 2.75) is 0 Å². The van der Waals surface area contributed by atoms with E-state index in [9.17, 15) is 0 Å². The van der Waals surface area contributed by atoms with Crippen LogP contribution in [0.3, 0.4) is 0 Å². The van der Waals surface area contributed by atoms with Crippen molar-refractivity contribution in [2.24, 2.45) is 0 Å². The highest BCUT2D eigenvalue weighted by atomic mass is 32.1. The Morgan fingerprint density at radius 3 is 1.60 bits per heavy atom. The maximum Gasteiger partial charge on any atom is 0.198 e. The molecule has 4 N–H and O–H groups in total. The molecule has 0 aromatic carbocycles. The monoisotopic (exact) mass is 304 g/mol. The number of hydrogen-bond acceptors (Lipinski definition) is 6. The van der Waals surface area contributed by atoms with Crippen LogP contribution in [0.4, 0.5) is 0 Å². The fourth-order valence-electron chi connectivity index (χ4n) is 1.52. The van der Waals surface area contributed by atoms with Crippen LogP contribution >= 0.6 is 24.4 Å². The Hall–Kier alpha value is -2.46. The average molecular weight is 304 g/mol. The first-order valence-electron chi connectivity index (χ1n) is 5.49. The molecule has 4 heterocycles. The number of nitrogens with zero attached hydrogens (tertiary/aromatic N) is 4. The van der Waals surface area contributed by atoms with Gasteiger partial charge in [-0.2, -0.15) is 0 Å². The zero-order valence-electron chi connectivity index (χ0n) is 9.91. The third-order valence-corrected chi connectivity index (χ3v) is 2.83. The van der Waals surface area contributed by atoms with Gasteiger partial charge in [-0.05, 0) is 24.4 Å². The molecule has 10 heteroatoms. The molecule has 0 spiro atoms. The predicted molar refractivity (Wildman–Crippen MR) is 78.1 cm³/mol. The van der Waals surface area contributed by atoms with E-state index >= 15 is 0 Å². The van der Waals surface area contributed by atoms with Crippen LogP contribution in [0.25, 0.3) is 22.3 Å². The zero-order valence-corrected chi connectivity index (χ0v) is 11.5. The van der Waals surface area contributed by atoms with Gasteiger partial charge in [0.2, 0.25) is 0 Å². The van der Waals surface area contributed by atoms with Crippen molar-refractivity contribution in [3.05, 3.63) is 34.6 Å². The molecule has 4 rings (SSSR count). The van der Waals surface area contributed by atoms with Crippen molar-refractivity contribution in [3.8, 4) is 0 Å². The van der Waals surface area contributed by atoms with Crippen molar-refractivity contribution in [1.29, 1.82) is 0 Å². The molecule has 4 aromatic rings. The third kappa shape index (κ3) is 2.60. The fraction of sp³-hybridized carbons (Fsp3) is 0. The molecule has 0 fully saturated rings. The summed E-state index contributed by atoms with van der Waals surface area (Å²) in [7, 11) is 0. The number of imidazole rings is 2. The molecule has 4 aromatic heterocycles. The van der Waals surface area contributed by atoms with Crippen molar-refractivity contribution >= 4 is 46.8 Å². The van der Waals surface area contributed by atoms with Crippen LogP contribution in [0.2, 0.25) is 0 Å². The molecule has 0 aliphatic carbocycles. The standard InChI is InChI=1S/2C5H4N4S/c2*10-5-6-1-3-4(9-5)8-2-7-3/h2*1-2H,(H2,6,7,8,9,10). The Morgan fingerprint density at radius 1 is 0.700 bits per heavy atom. The van der Waals surface area contributed by atoms with Gasteiger partial charge in [-0.1, -0.05) is 0 Å². The van der Waals surface area contributed by atoms with E-state index in [0.717, 1.165) is 22.3 Å². The van der Waals surface area contributed by atoms with E-state index in [2.05, 4.69) is 39.9 Å². The summed E-state index contributed by atoms with van der Waals surface area (Å²) in [6.45, 7) is 0. The zero-order chi connectivity index (χ0) is 13.9. The molecule has 0 saturated carbocycles. The second-order valence-electron chi connectivity index (χ2n) is 3.71. The molecule has 0 aliphatic heterocycles. The lowest BCUT2D eigenvalue weighted by molar-refractivity contribution is 1.17. The third-order valence-electron chi connectivity index (χ3n) is 2.41. The largest absolute Gasteiger partial charge is 0.342 e. The Morgan fingerprint density at radius 2 is 1.15 bits per heavy atom. The predicted octanol–water partition coefficient (Wildman–Crippen LogP) is 2.03. The lowest BCUT2D eigenvalue weighted by Gasteiger charge is -1.84. The highest BCUT2D eigenvalue weighted by Gasteiger charge is 1.92.